The Bertz CT molecular complexity index is 2740. The summed E-state index contributed by atoms with van der Waals surface area (Å²) in [5.41, 5.74) is 5.13. The monoisotopic (exact) mass is 1040 g/mol. The molecule has 0 saturated heterocycles. The van der Waals surface area contributed by atoms with Crippen LogP contribution in [-0.4, -0.2) is 47.6 Å². The van der Waals surface area contributed by atoms with Crippen LogP contribution in [0.2, 0.25) is 20.1 Å². The summed E-state index contributed by atoms with van der Waals surface area (Å²) in [5, 5.41) is 24.1. The molecular formula is C49H47BrCl4FN5O4S. The third-order valence-corrected chi connectivity index (χ3v) is 17.6. The van der Waals surface area contributed by atoms with Crippen LogP contribution in [0.4, 0.5) is 4.39 Å². The molecule has 4 bridgehead atoms. The van der Waals surface area contributed by atoms with E-state index in [1.54, 1.807) is 0 Å². The van der Waals surface area contributed by atoms with Gasteiger partial charge in [-0.15, -0.1) is 11.3 Å². The zero-order valence-electron chi connectivity index (χ0n) is 35.4. The Labute approximate surface area is 409 Å². The number of ketones is 1. The van der Waals surface area contributed by atoms with Gasteiger partial charge in [0.15, 0.2) is 5.82 Å². The van der Waals surface area contributed by atoms with Crippen LogP contribution in [0.25, 0.3) is 21.6 Å². The van der Waals surface area contributed by atoms with E-state index in [1.165, 1.54) is 41.4 Å². The van der Waals surface area contributed by atoms with E-state index in [4.69, 9.17) is 55.9 Å². The summed E-state index contributed by atoms with van der Waals surface area (Å²) in [6.45, 7) is 0.877. The highest BCUT2D eigenvalue weighted by Gasteiger charge is 2.56. The number of para-hydroxylation sites is 2. The van der Waals surface area contributed by atoms with Crippen LogP contribution in [-0.2, 0) is 33.1 Å². The molecule has 16 heteroatoms. The first kappa shape index (κ1) is 44.6. The Kier molecular flexibility index (Phi) is 12.3. The number of halogens is 6. The predicted molar refractivity (Wildman–Crippen MR) is 255 cm³/mol. The number of carbonyl (C=O) groups excluding carboxylic acids is 1. The molecule has 9 nitrogen and oxygen atoms in total. The second kappa shape index (κ2) is 17.9. The molecule has 65 heavy (non-hydrogen) atoms. The highest BCUT2D eigenvalue weighted by Crippen LogP contribution is 2.57. The van der Waals surface area contributed by atoms with Crippen molar-refractivity contribution < 1.29 is 23.8 Å². The van der Waals surface area contributed by atoms with E-state index in [0.29, 0.717) is 77.3 Å². The summed E-state index contributed by atoms with van der Waals surface area (Å²) in [6, 6.07) is 14.2. The lowest BCUT2D eigenvalue weighted by Gasteiger charge is -2.41. The highest BCUT2D eigenvalue weighted by molar-refractivity contribution is 9.10. The van der Waals surface area contributed by atoms with E-state index in [1.807, 2.05) is 64.2 Å². The fraction of sp³-hybridized carbons (Fsp3) is 0.469. The summed E-state index contributed by atoms with van der Waals surface area (Å²) in [7, 11) is 0. The lowest BCUT2D eigenvalue weighted by Crippen LogP contribution is -2.44. The highest BCUT2D eigenvalue weighted by atomic mass is 79.9. The second-order valence-electron chi connectivity index (χ2n) is 18.8. The zero-order chi connectivity index (χ0) is 44.7. The van der Waals surface area contributed by atoms with Crippen LogP contribution < -0.4 is 0 Å². The Morgan fingerprint density at radius 3 is 1.65 bits per heavy atom. The van der Waals surface area contributed by atoms with Crippen molar-refractivity contribution in [1.29, 1.82) is 0 Å². The first-order chi connectivity index (χ1) is 31.4. The lowest BCUT2D eigenvalue weighted by atomic mass is 9.73. The third kappa shape index (κ3) is 8.43. The quantitative estimate of drug-likeness (QED) is 0.138. The van der Waals surface area contributed by atoms with Gasteiger partial charge in [-0.2, -0.15) is 10.2 Å². The van der Waals surface area contributed by atoms with E-state index in [-0.39, 0.29) is 41.7 Å². The molecule has 0 amide bonds. The number of aromatic nitrogens is 5. The van der Waals surface area contributed by atoms with Crippen LogP contribution in [0.5, 0.6) is 0 Å². The molecule has 6 aromatic rings. The first-order valence-corrected chi connectivity index (χ1v) is 25.8. The molecule has 7 atom stereocenters. The molecule has 6 aliphatic carbocycles. The van der Waals surface area contributed by atoms with Crippen molar-refractivity contribution in [2.45, 2.75) is 120 Å². The fourth-order valence-electron chi connectivity index (χ4n) is 11.2. The van der Waals surface area contributed by atoms with Gasteiger partial charge in [-0.1, -0.05) is 74.5 Å². The number of carbonyl (C=O) groups is 1. The van der Waals surface area contributed by atoms with Gasteiger partial charge in [0.2, 0.25) is 0 Å². The smallest absolute Gasteiger partial charge is 0.151 e. The number of rotatable bonds is 11. The predicted octanol–water partition coefficient (Wildman–Crippen LogP) is 13.5. The number of hydrogen-bond acceptors (Lipinski definition) is 8. The standard InChI is InChI=1S/C28H25BrCl2FN3O2S.C21H22Cl2N2O2/c29-17-10-22(32)25-24(11-17)38-27(34-25)28(36)15-6-7-16(28)9-18(8-15)37-13-23-19(14-4-5-14)12-33-35(23)26-20(30)2-1-3-21(26)31;22-17-2-1-3-18(23)20(17)25-19(16(10-24-25)12-4-5-12)11-27-15-8-13-6-7-14(9-15)21(13)26/h1-3,10-12,14-16,18,36H,4-9,13H2;1-3,10,12-15H,4-9,11H2/t15-,16+,18?,28?;13-,14+,15?. The largest absolute Gasteiger partial charge is 0.382 e. The molecule has 1 N–H and O–H groups in total. The molecule has 6 saturated carbocycles. The van der Waals surface area contributed by atoms with E-state index >= 15 is 0 Å². The molecule has 3 aromatic heterocycles. The van der Waals surface area contributed by atoms with Gasteiger partial charge in [0.1, 0.15) is 33.3 Å². The van der Waals surface area contributed by atoms with Gasteiger partial charge in [0.25, 0.3) is 0 Å². The molecule has 340 valence electrons. The maximum absolute atomic E-state index is 14.5. The third-order valence-electron chi connectivity index (χ3n) is 14.8. The van der Waals surface area contributed by atoms with Gasteiger partial charge in [-0.05, 0) is 148 Å². The molecule has 0 radical (unpaired) electrons. The lowest BCUT2D eigenvalue weighted by molar-refractivity contribution is -0.130. The summed E-state index contributed by atoms with van der Waals surface area (Å²) in [4.78, 5) is 16.7. The minimum Gasteiger partial charge on any atom is -0.382 e. The number of Topliss-reactive ketones (excluding diaryl/α,β-unsaturated/α-hetero) is 1. The summed E-state index contributed by atoms with van der Waals surface area (Å²) in [6.07, 6.45) is 15.7. The van der Waals surface area contributed by atoms with Crippen molar-refractivity contribution in [2.75, 3.05) is 0 Å². The average molecular weight is 1040 g/mol. The molecule has 12 rings (SSSR count). The summed E-state index contributed by atoms with van der Waals surface area (Å²) in [5.74, 6) is 1.60. The molecule has 0 aliphatic heterocycles. The normalized spacial score (nSPS) is 27.1. The molecule has 6 aliphatic rings. The Hall–Kier alpha value is -2.91. The second-order valence-corrected chi connectivity index (χ2v) is 22.4. The number of hydrogen-bond donors (Lipinski definition) is 1. The van der Waals surface area contributed by atoms with Gasteiger partial charge < -0.3 is 14.6 Å². The first-order valence-electron chi connectivity index (χ1n) is 22.7. The van der Waals surface area contributed by atoms with Gasteiger partial charge >= 0.3 is 0 Å². The Morgan fingerprint density at radius 1 is 0.708 bits per heavy atom. The van der Waals surface area contributed by atoms with E-state index in [9.17, 15) is 14.3 Å². The van der Waals surface area contributed by atoms with Crippen molar-refractivity contribution in [2.24, 2.45) is 23.7 Å². The maximum Gasteiger partial charge on any atom is 0.151 e. The van der Waals surface area contributed by atoms with Crippen LogP contribution in [0.3, 0.4) is 0 Å². The number of benzene rings is 3. The number of fused-ring (bicyclic) bond motifs is 5. The molecule has 3 unspecified atom stereocenters. The Balaban J connectivity index is 0.000000153. The average Bonchev–Trinajstić information content (AvgIpc) is 4.15. The summed E-state index contributed by atoms with van der Waals surface area (Å²) >= 11 is 30.7. The van der Waals surface area contributed by atoms with Gasteiger partial charge in [-0.25, -0.2) is 18.7 Å². The van der Waals surface area contributed by atoms with Crippen LogP contribution >= 0.6 is 73.7 Å². The van der Waals surface area contributed by atoms with Crippen molar-refractivity contribution in [1.82, 2.24) is 24.5 Å². The number of nitrogens with zero attached hydrogens (tertiary/aromatic N) is 5. The van der Waals surface area contributed by atoms with Crippen LogP contribution in [0.15, 0.2) is 65.4 Å². The zero-order valence-corrected chi connectivity index (χ0v) is 40.8. The number of aliphatic hydroxyl groups is 1. The minimum atomic E-state index is -1.05. The topological polar surface area (TPSA) is 104 Å². The van der Waals surface area contributed by atoms with Crippen molar-refractivity contribution in [3.05, 3.63) is 119 Å². The minimum absolute atomic E-state index is 0.00477. The van der Waals surface area contributed by atoms with Crippen molar-refractivity contribution >= 4 is 89.7 Å². The Morgan fingerprint density at radius 2 is 1.17 bits per heavy atom. The molecule has 3 aromatic carbocycles. The van der Waals surface area contributed by atoms with Gasteiger partial charge in [-0.3, -0.25) is 4.79 Å². The van der Waals surface area contributed by atoms with E-state index in [0.717, 1.165) is 80.3 Å². The van der Waals surface area contributed by atoms with E-state index < -0.39 is 5.60 Å². The van der Waals surface area contributed by atoms with Crippen LogP contribution in [0, 0.1) is 29.5 Å². The molecule has 0 spiro atoms. The molecule has 3 heterocycles. The summed E-state index contributed by atoms with van der Waals surface area (Å²) < 4.78 is 32.5. The van der Waals surface area contributed by atoms with Gasteiger partial charge in [0.05, 0.1) is 74.0 Å². The number of ether oxygens (including phenoxy) is 2. The van der Waals surface area contributed by atoms with Gasteiger partial charge in [0, 0.05) is 16.3 Å². The SMILES string of the molecule is O=C1[C@@H]2CC[C@H]1CC(OCc1c(C3CC3)cnn1-c1c(Cl)cccc1Cl)C2.OC1(c2nc3c(F)cc(Br)cc3s2)[C@@H]2CC[C@H]1CC(OCc1c(C3CC3)cnn1-c1c(Cl)cccc1Cl)C2. The van der Waals surface area contributed by atoms with Crippen molar-refractivity contribution in [3.63, 3.8) is 0 Å². The number of thiazole rings is 1. The fourth-order valence-corrected chi connectivity index (χ4v) is 14.1. The van der Waals surface area contributed by atoms with E-state index in [2.05, 4.69) is 31.1 Å². The van der Waals surface area contributed by atoms with Crippen molar-refractivity contribution in [3.8, 4) is 11.4 Å². The van der Waals surface area contributed by atoms with Crippen LogP contribution in [0.1, 0.15) is 116 Å². The maximum atomic E-state index is 14.5. The molecular weight excluding hydrogens is 995 g/mol. The molecule has 6 fully saturated rings.